The molecule has 4 aromatic heterocycles. The second-order valence-corrected chi connectivity index (χ2v) is 9.14. The van der Waals surface area contributed by atoms with Crippen LogP contribution in [0.4, 0.5) is 4.39 Å². The van der Waals surface area contributed by atoms with E-state index in [1.807, 2.05) is 66.7 Å². The predicted molar refractivity (Wildman–Crippen MR) is 148 cm³/mol. The number of aromatic nitrogens is 6. The molecule has 4 heterocycles. The first-order valence-corrected chi connectivity index (χ1v) is 12.4. The number of pyridine rings is 2. The molecule has 188 valence electrons. The lowest BCUT2D eigenvalue weighted by Crippen LogP contribution is -1.96. The molecule has 0 aliphatic carbocycles. The Morgan fingerprint density at radius 1 is 0.795 bits per heavy atom. The third kappa shape index (κ3) is 4.27. The molecule has 7 aromatic rings. The van der Waals surface area contributed by atoms with E-state index in [4.69, 9.17) is 9.72 Å². The summed E-state index contributed by atoms with van der Waals surface area (Å²) in [6.07, 6.45) is 5.19. The standard InChI is InChI=1S/C31H21FN6O/c32-25-11-5-4-9-22(25)23-10-6-12-26-29(23)36-31(35-26)30-24-14-27(34-17-28(24)37-38-30)20-13-21(16-33-15-20)39-18-19-7-2-1-3-8-19/h1-17H,18H2,(H,35,36)(H,37,38). The number of fused-ring (bicyclic) bond motifs is 2. The number of halogens is 1. The summed E-state index contributed by atoms with van der Waals surface area (Å²) < 4.78 is 20.5. The van der Waals surface area contributed by atoms with Gasteiger partial charge in [-0.05, 0) is 29.8 Å². The summed E-state index contributed by atoms with van der Waals surface area (Å²) in [6.45, 7) is 0.450. The van der Waals surface area contributed by atoms with Crippen molar-refractivity contribution in [1.29, 1.82) is 0 Å². The molecule has 0 fully saturated rings. The fourth-order valence-electron chi connectivity index (χ4n) is 4.68. The lowest BCUT2D eigenvalue weighted by atomic mass is 10.0. The van der Waals surface area contributed by atoms with Gasteiger partial charge in [-0.3, -0.25) is 15.1 Å². The van der Waals surface area contributed by atoms with E-state index < -0.39 is 0 Å². The third-order valence-electron chi connectivity index (χ3n) is 6.61. The van der Waals surface area contributed by atoms with Crippen LogP contribution in [-0.2, 0) is 6.61 Å². The van der Waals surface area contributed by atoms with E-state index in [0.29, 0.717) is 40.5 Å². The highest BCUT2D eigenvalue weighted by atomic mass is 19.1. The Morgan fingerprint density at radius 3 is 2.54 bits per heavy atom. The van der Waals surface area contributed by atoms with Crippen LogP contribution in [0.2, 0.25) is 0 Å². The van der Waals surface area contributed by atoms with Gasteiger partial charge in [-0.2, -0.15) is 5.10 Å². The molecule has 3 aromatic carbocycles. The van der Waals surface area contributed by atoms with Crippen LogP contribution in [0.15, 0.2) is 104 Å². The second kappa shape index (κ2) is 9.50. The molecular formula is C31H21FN6O. The molecule has 7 rings (SSSR count). The number of imidazole rings is 1. The smallest absolute Gasteiger partial charge is 0.159 e. The molecule has 8 heteroatoms. The summed E-state index contributed by atoms with van der Waals surface area (Å²) in [5.74, 6) is 0.943. The molecule has 0 radical (unpaired) electrons. The highest BCUT2D eigenvalue weighted by Crippen LogP contribution is 2.33. The van der Waals surface area contributed by atoms with E-state index in [1.54, 1.807) is 30.7 Å². The SMILES string of the molecule is Fc1ccccc1-c1cccc2[nH]c(-c3n[nH]c4cnc(-c5cncc(OCc6ccccc6)c5)cc34)nc12. The summed E-state index contributed by atoms with van der Waals surface area (Å²) in [4.78, 5) is 17.2. The first-order valence-electron chi connectivity index (χ1n) is 12.4. The van der Waals surface area contributed by atoms with Crippen LogP contribution < -0.4 is 4.74 Å². The Kier molecular flexibility index (Phi) is 5.55. The van der Waals surface area contributed by atoms with Crippen molar-refractivity contribution in [3.05, 3.63) is 115 Å². The van der Waals surface area contributed by atoms with Crippen LogP contribution >= 0.6 is 0 Å². The monoisotopic (exact) mass is 512 g/mol. The summed E-state index contributed by atoms with van der Waals surface area (Å²) in [6, 6.07) is 26.2. The van der Waals surface area contributed by atoms with Crippen LogP contribution in [0.3, 0.4) is 0 Å². The van der Waals surface area contributed by atoms with Crippen LogP contribution in [0, 0.1) is 5.82 Å². The lowest BCUT2D eigenvalue weighted by molar-refractivity contribution is 0.305. The zero-order chi connectivity index (χ0) is 26.2. The van der Waals surface area contributed by atoms with Crippen LogP contribution in [-0.4, -0.2) is 30.1 Å². The van der Waals surface area contributed by atoms with Crippen molar-refractivity contribution in [3.63, 3.8) is 0 Å². The van der Waals surface area contributed by atoms with Gasteiger partial charge in [0.15, 0.2) is 5.82 Å². The summed E-state index contributed by atoms with van der Waals surface area (Å²) in [5.41, 5.74) is 6.73. The van der Waals surface area contributed by atoms with E-state index in [0.717, 1.165) is 33.2 Å². The Hall–Kier alpha value is -5.37. The fourth-order valence-corrected chi connectivity index (χ4v) is 4.68. The molecule has 0 amide bonds. The molecular weight excluding hydrogens is 491 g/mol. The zero-order valence-electron chi connectivity index (χ0n) is 20.6. The summed E-state index contributed by atoms with van der Waals surface area (Å²) in [7, 11) is 0. The number of para-hydroxylation sites is 1. The lowest BCUT2D eigenvalue weighted by Gasteiger charge is -2.08. The van der Waals surface area contributed by atoms with Crippen molar-refractivity contribution in [1.82, 2.24) is 30.1 Å². The molecule has 0 atom stereocenters. The van der Waals surface area contributed by atoms with Crippen molar-refractivity contribution in [2.24, 2.45) is 0 Å². The van der Waals surface area contributed by atoms with Gasteiger partial charge in [-0.15, -0.1) is 0 Å². The van der Waals surface area contributed by atoms with E-state index >= 15 is 0 Å². The maximum absolute atomic E-state index is 14.6. The van der Waals surface area contributed by atoms with E-state index in [2.05, 4.69) is 25.1 Å². The quantitative estimate of drug-likeness (QED) is 0.252. The molecule has 2 N–H and O–H groups in total. The number of nitrogens with one attached hydrogen (secondary N) is 2. The van der Waals surface area contributed by atoms with Gasteiger partial charge in [-0.25, -0.2) is 9.37 Å². The molecule has 0 saturated carbocycles. The van der Waals surface area contributed by atoms with Gasteiger partial charge < -0.3 is 9.72 Å². The Balaban J connectivity index is 1.25. The van der Waals surface area contributed by atoms with E-state index in [9.17, 15) is 4.39 Å². The number of rotatable bonds is 6. The largest absolute Gasteiger partial charge is 0.487 e. The van der Waals surface area contributed by atoms with E-state index in [-0.39, 0.29) is 5.82 Å². The van der Waals surface area contributed by atoms with Crippen LogP contribution in [0.5, 0.6) is 5.75 Å². The number of benzene rings is 3. The maximum Gasteiger partial charge on any atom is 0.159 e. The highest BCUT2D eigenvalue weighted by Gasteiger charge is 2.17. The molecule has 7 nitrogen and oxygen atoms in total. The third-order valence-corrected chi connectivity index (χ3v) is 6.61. The fraction of sp³-hybridized carbons (Fsp3) is 0.0323. The van der Waals surface area contributed by atoms with Crippen molar-refractivity contribution < 1.29 is 9.13 Å². The second-order valence-electron chi connectivity index (χ2n) is 9.14. The molecule has 0 saturated heterocycles. The minimum absolute atomic E-state index is 0.293. The first kappa shape index (κ1) is 22.8. The van der Waals surface area contributed by atoms with Crippen molar-refractivity contribution in [2.45, 2.75) is 6.61 Å². The Morgan fingerprint density at radius 2 is 1.64 bits per heavy atom. The molecule has 39 heavy (non-hydrogen) atoms. The Bertz CT molecular complexity index is 1950. The molecule has 0 aliphatic heterocycles. The molecule has 0 spiro atoms. The minimum Gasteiger partial charge on any atom is -0.487 e. The van der Waals surface area contributed by atoms with Gasteiger partial charge >= 0.3 is 0 Å². The zero-order valence-corrected chi connectivity index (χ0v) is 20.6. The molecule has 0 unspecified atom stereocenters. The van der Waals surface area contributed by atoms with Gasteiger partial charge in [0.25, 0.3) is 0 Å². The average Bonchev–Trinajstić information content (AvgIpc) is 3.61. The van der Waals surface area contributed by atoms with Crippen molar-refractivity contribution in [3.8, 4) is 39.7 Å². The van der Waals surface area contributed by atoms with Crippen LogP contribution in [0.1, 0.15) is 5.56 Å². The highest BCUT2D eigenvalue weighted by molar-refractivity contribution is 5.97. The Labute approximate surface area is 222 Å². The average molecular weight is 513 g/mol. The first-order chi connectivity index (χ1) is 19.2. The van der Waals surface area contributed by atoms with E-state index in [1.165, 1.54) is 6.07 Å². The minimum atomic E-state index is -0.293. The van der Waals surface area contributed by atoms with Crippen molar-refractivity contribution >= 4 is 21.9 Å². The van der Waals surface area contributed by atoms with Gasteiger partial charge in [0, 0.05) is 28.3 Å². The molecule has 0 aliphatic rings. The summed E-state index contributed by atoms with van der Waals surface area (Å²) in [5, 5.41) is 8.41. The van der Waals surface area contributed by atoms with Crippen LogP contribution in [0.25, 0.3) is 55.8 Å². The molecule has 0 bridgehead atoms. The van der Waals surface area contributed by atoms with Gasteiger partial charge in [0.1, 0.15) is 23.9 Å². The number of nitrogens with zero attached hydrogens (tertiary/aromatic N) is 4. The van der Waals surface area contributed by atoms with Gasteiger partial charge in [-0.1, -0.05) is 60.7 Å². The normalized spacial score (nSPS) is 11.3. The maximum atomic E-state index is 14.6. The van der Waals surface area contributed by atoms with Gasteiger partial charge in [0.2, 0.25) is 0 Å². The van der Waals surface area contributed by atoms with Gasteiger partial charge in [0.05, 0.1) is 34.6 Å². The number of H-pyrrole nitrogens is 2. The number of ether oxygens (including phenoxy) is 1. The number of hydrogen-bond acceptors (Lipinski definition) is 5. The summed E-state index contributed by atoms with van der Waals surface area (Å²) >= 11 is 0. The topological polar surface area (TPSA) is 92.4 Å². The number of hydrogen-bond donors (Lipinski definition) is 2. The number of aromatic amines is 2. The predicted octanol–water partition coefficient (Wildman–Crippen LogP) is 6.95. The van der Waals surface area contributed by atoms with Crippen molar-refractivity contribution in [2.75, 3.05) is 0 Å².